The SMILES string of the molecule is CC(CP(=O)(CN(C)C)O[Si](C)(C)C)C1C=CC=C1. The predicted octanol–water partition coefficient (Wildman–Crippen LogP) is 4.01. The molecule has 0 bridgehead atoms. The quantitative estimate of drug-likeness (QED) is 0.525. The fraction of sp³-hybridized carbons (Fsp3) is 0.714. The van der Waals surface area contributed by atoms with Gasteiger partial charge in [0.1, 0.15) is 0 Å². The van der Waals surface area contributed by atoms with E-state index in [0.29, 0.717) is 24.3 Å². The summed E-state index contributed by atoms with van der Waals surface area (Å²) in [6.07, 6.45) is 9.70. The number of allylic oxidation sites excluding steroid dienone is 4. The highest BCUT2D eigenvalue weighted by Gasteiger charge is 2.34. The second-order valence-electron chi connectivity index (χ2n) is 6.75. The van der Waals surface area contributed by atoms with Crippen molar-refractivity contribution in [3.8, 4) is 0 Å². The molecule has 110 valence electrons. The average Bonchev–Trinajstić information content (AvgIpc) is 2.63. The third kappa shape index (κ3) is 6.22. The van der Waals surface area contributed by atoms with E-state index in [-0.39, 0.29) is 0 Å². The maximum absolute atomic E-state index is 13.1. The van der Waals surface area contributed by atoms with Gasteiger partial charge >= 0.3 is 0 Å². The summed E-state index contributed by atoms with van der Waals surface area (Å²) in [5.74, 6) is 0.762. The van der Waals surface area contributed by atoms with Crippen LogP contribution in [-0.2, 0) is 8.78 Å². The largest absolute Gasteiger partial charge is 0.369 e. The Morgan fingerprint density at radius 3 is 2.21 bits per heavy atom. The maximum atomic E-state index is 13.1. The van der Waals surface area contributed by atoms with Crippen LogP contribution in [0.4, 0.5) is 0 Å². The Morgan fingerprint density at radius 2 is 1.79 bits per heavy atom. The summed E-state index contributed by atoms with van der Waals surface area (Å²) in [7, 11) is -0.460. The fourth-order valence-electron chi connectivity index (χ4n) is 2.44. The zero-order valence-corrected chi connectivity index (χ0v) is 15.0. The summed E-state index contributed by atoms with van der Waals surface area (Å²) in [4.78, 5) is 1.98. The smallest absolute Gasteiger partial charge is 0.207 e. The predicted molar refractivity (Wildman–Crippen MR) is 86.4 cm³/mol. The summed E-state index contributed by atoms with van der Waals surface area (Å²) >= 11 is 0. The molecule has 3 nitrogen and oxygen atoms in total. The van der Waals surface area contributed by atoms with Crippen molar-refractivity contribution in [3.63, 3.8) is 0 Å². The summed E-state index contributed by atoms with van der Waals surface area (Å²) in [5.41, 5.74) is 0. The number of rotatable bonds is 7. The van der Waals surface area contributed by atoms with Crippen molar-refractivity contribution in [2.45, 2.75) is 26.6 Å². The van der Waals surface area contributed by atoms with E-state index >= 15 is 0 Å². The van der Waals surface area contributed by atoms with Gasteiger partial charge in [0.25, 0.3) is 0 Å². The highest BCUT2D eigenvalue weighted by Crippen LogP contribution is 2.52. The first kappa shape index (κ1) is 16.9. The lowest BCUT2D eigenvalue weighted by molar-refractivity contribution is 0.405. The van der Waals surface area contributed by atoms with E-state index in [9.17, 15) is 4.57 Å². The third-order valence-corrected chi connectivity index (χ3v) is 8.59. The first-order valence-corrected chi connectivity index (χ1v) is 12.3. The van der Waals surface area contributed by atoms with Crippen LogP contribution in [0.2, 0.25) is 19.6 Å². The maximum Gasteiger partial charge on any atom is 0.207 e. The van der Waals surface area contributed by atoms with Gasteiger partial charge in [0.2, 0.25) is 7.37 Å². The molecule has 0 aliphatic heterocycles. The van der Waals surface area contributed by atoms with Gasteiger partial charge in [-0.2, -0.15) is 0 Å². The molecule has 0 fully saturated rings. The summed E-state index contributed by atoms with van der Waals surface area (Å²) < 4.78 is 19.2. The van der Waals surface area contributed by atoms with Crippen LogP contribution < -0.4 is 0 Å². The molecule has 1 aliphatic rings. The van der Waals surface area contributed by atoms with Crippen LogP contribution in [0.5, 0.6) is 0 Å². The normalized spacial score (nSPS) is 21.0. The van der Waals surface area contributed by atoms with Gasteiger partial charge in [0.15, 0.2) is 8.32 Å². The molecule has 0 heterocycles. The van der Waals surface area contributed by atoms with Crippen LogP contribution in [0.3, 0.4) is 0 Å². The van der Waals surface area contributed by atoms with Crippen molar-refractivity contribution < 1.29 is 8.78 Å². The Kier molecular flexibility index (Phi) is 5.81. The van der Waals surface area contributed by atoms with Gasteiger partial charge in [-0.25, -0.2) is 0 Å². The second-order valence-corrected chi connectivity index (χ2v) is 14.0. The average molecular weight is 301 g/mol. The van der Waals surface area contributed by atoms with Gasteiger partial charge in [-0.05, 0) is 45.6 Å². The van der Waals surface area contributed by atoms with E-state index in [1.54, 1.807) is 0 Å². The van der Waals surface area contributed by atoms with Gasteiger partial charge in [-0.1, -0.05) is 31.2 Å². The third-order valence-electron chi connectivity index (χ3n) is 2.94. The second kappa shape index (κ2) is 6.53. The minimum absolute atomic E-state index is 0.358. The van der Waals surface area contributed by atoms with Crippen molar-refractivity contribution in [2.75, 3.05) is 26.5 Å². The molecule has 0 N–H and O–H groups in total. The van der Waals surface area contributed by atoms with E-state index in [4.69, 9.17) is 4.21 Å². The van der Waals surface area contributed by atoms with Crippen LogP contribution in [0.15, 0.2) is 24.3 Å². The minimum Gasteiger partial charge on any atom is -0.369 e. The monoisotopic (exact) mass is 301 g/mol. The summed E-state index contributed by atoms with van der Waals surface area (Å²) in [6.45, 7) is 8.49. The van der Waals surface area contributed by atoms with E-state index < -0.39 is 15.7 Å². The molecular weight excluding hydrogens is 273 g/mol. The lowest BCUT2D eigenvalue weighted by Crippen LogP contribution is -2.29. The van der Waals surface area contributed by atoms with Crippen LogP contribution in [0, 0.1) is 11.8 Å². The summed E-state index contributed by atoms with van der Waals surface area (Å²) in [5, 5.41) is 0. The minimum atomic E-state index is -2.59. The molecule has 0 radical (unpaired) electrons. The summed E-state index contributed by atoms with van der Waals surface area (Å²) in [6, 6.07) is 0. The Hall–Kier alpha value is -0.153. The highest BCUT2D eigenvalue weighted by atomic mass is 31.2. The first-order valence-electron chi connectivity index (χ1n) is 6.90. The number of hydrogen-bond donors (Lipinski definition) is 0. The molecule has 0 aromatic heterocycles. The molecule has 0 saturated carbocycles. The lowest BCUT2D eigenvalue weighted by Gasteiger charge is -2.31. The van der Waals surface area contributed by atoms with Crippen molar-refractivity contribution in [2.24, 2.45) is 11.8 Å². The molecule has 0 spiro atoms. The molecule has 5 heteroatoms. The lowest BCUT2D eigenvalue weighted by atomic mass is 9.98. The van der Waals surface area contributed by atoms with E-state index in [2.05, 4.69) is 50.9 Å². The van der Waals surface area contributed by atoms with Gasteiger partial charge in [0.05, 0.1) is 6.29 Å². The molecule has 1 aliphatic carbocycles. The molecule has 0 amide bonds. The standard InChI is InChI=1S/C14H28NO2PSi/c1-13(14-9-7-8-10-14)11-18(16,12-15(2)3)17-19(4,5)6/h7-10,13-14H,11-12H2,1-6H3. The Labute approximate surface area is 119 Å². The zero-order chi connectivity index (χ0) is 14.7. The fourth-order valence-corrected chi connectivity index (χ4v) is 9.06. The Bertz CT molecular complexity index is 387. The number of nitrogens with zero attached hydrogens (tertiary/aromatic N) is 1. The van der Waals surface area contributed by atoms with Crippen molar-refractivity contribution >= 4 is 15.7 Å². The van der Waals surface area contributed by atoms with Gasteiger partial charge < -0.3 is 9.11 Å². The Morgan fingerprint density at radius 1 is 1.26 bits per heavy atom. The van der Waals surface area contributed by atoms with Crippen molar-refractivity contribution in [3.05, 3.63) is 24.3 Å². The van der Waals surface area contributed by atoms with Crippen molar-refractivity contribution in [1.29, 1.82) is 0 Å². The van der Waals surface area contributed by atoms with Gasteiger partial charge in [-0.15, -0.1) is 0 Å². The van der Waals surface area contributed by atoms with Crippen molar-refractivity contribution in [1.82, 2.24) is 4.90 Å². The Balaban J connectivity index is 2.76. The molecule has 2 unspecified atom stereocenters. The first-order chi connectivity index (χ1) is 8.61. The van der Waals surface area contributed by atoms with Crippen LogP contribution in [0.1, 0.15) is 6.92 Å². The van der Waals surface area contributed by atoms with E-state index in [1.165, 1.54) is 0 Å². The molecule has 0 aromatic rings. The molecule has 0 saturated heterocycles. The highest BCUT2D eigenvalue weighted by molar-refractivity contribution is 7.60. The topological polar surface area (TPSA) is 29.5 Å². The van der Waals surface area contributed by atoms with Gasteiger partial charge in [-0.3, -0.25) is 4.57 Å². The molecule has 1 rings (SSSR count). The molecule has 0 aromatic carbocycles. The molecular formula is C14H28NO2PSi. The number of hydrogen-bond acceptors (Lipinski definition) is 3. The van der Waals surface area contributed by atoms with Gasteiger partial charge in [0, 0.05) is 6.16 Å². The molecule has 2 atom stereocenters. The van der Waals surface area contributed by atoms with Crippen LogP contribution >= 0.6 is 7.37 Å². The zero-order valence-electron chi connectivity index (χ0n) is 13.1. The molecule has 19 heavy (non-hydrogen) atoms. The van der Waals surface area contributed by atoms with Crippen LogP contribution in [0.25, 0.3) is 0 Å². The van der Waals surface area contributed by atoms with E-state index in [0.717, 1.165) is 0 Å². The van der Waals surface area contributed by atoms with E-state index in [1.807, 2.05) is 19.0 Å². The van der Waals surface area contributed by atoms with Crippen LogP contribution in [-0.4, -0.2) is 39.8 Å².